The van der Waals surface area contributed by atoms with Crippen LogP contribution in [0.4, 0.5) is 5.69 Å². The van der Waals surface area contributed by atoms with Gasteiger partial charge < -0.3 is 25.3 Å². The average Bonchev–Trinajstić information content (AvgIpc) is 3.71. The van der Waals surface area contributed by atoms with Gasteiger partial charge in [0.25, 0.3) is 5.91 Å². The number of piperidine rings is 2. The van der Waals surface area contributed by atoms with Crippen LogP contribution in [0.3, 0.4) is 0 Å². The minimum Gasteiger partial charge on any atom is -0.453 e. The van der Waals surface area contributed by atoms with Gasteiger partial charge in [-0.05, 0) is 68.1 Å². The highest BCUT2D eigenvalue weighted by molar-refractivity contribution is 6.32. The number of aromatic nitrogens is 5. The predicted octanol–water partition coefficient (Wildman–Crippen LogP) is 4.15. The molecule has 2 aromatic carbocycles. The predicted molar refractivity (Wildman–Crippen MR) is 190 cm³/mol. The second-order valence-electron chi connectivity index (χ2n) is 12.8. The Morgan fingerprint density at radius 1 is 1.08 bits per heavy atom. The number of nitrogens with one attached hydrogen (secondary N) is 4. The van der Waals surface area contributed by atoms with Crippen LogP contribution in [0.25, 0.3) is 22.6 Å². The lowest BCUT2D eigenvalue weighted by atomic mass is 9.90. The molecular weight excluding hydrogens is 674 g/mol. The Morgan fingerprint density at radius 2 is 1.86 bits per heavy atom. The first-order valence-corrected chi connectivity index (χ1v) is 17.1. The van der Waals surface area contributed by atoms with Gasteiger partial charge in [-0.1, -0.05) is 23.7 Å². The lowest BCUT2D eigenvalue weighted by Crippen LogP contribution is -2.50. The quantitative estimate of drug-likeness (QED) is 0.164. The zero-order valence-electron chi connectivity index (χ0n) is 28.0. The number of nitrogens with zero attached hydrogens (tertiary/aromatic N) is 5. The normalized spacial score (nSPS) is 17.7. The van der Waals surface area contributed by atoms with E-state index >= 15 is 0 Å². The van der Waals surface area contributed by atoms with Crippen molar-refractivity contribution in [2.24, 2.45) is 7.05 Å². The maximum Gasteiger partial charge on any atom is 0.251 e. The van der Waals surface area contributed by atoms with Crippen LogP contribution < -0.4 is 25.6 Å². The molecule has 0 spiro atoms. The number of aromatic amines is 1. The van der Waals surface area contributed by atoms with Crippen LogP contribution in [0, 0.1) is 6.92 Å². The molecule has 5 heterocycles. The monoisotopic (exact) mass is 709 g/mol. The Balaban J connectivity index is 0.914. The summed E-state index contributed by atoms with van der Waals surface area (Å²) >= 11 is 6.47. The third kappa shape index (κ3) is 7.41. The molecule has 5 aromatic rings. The number of hydrogen-bond acceptors (Lipinski definition) is 9. The van der Waals surface area contributed by atoms with Gasteiger partial charge in [0, 0.05) is 50.0 Å². The third-order valence-electron chi connectivity index (χ3n) is 9.13. The van der Waals surface area contributed by atoms with Crippen molar-refractivity contribution in [1.29, 1.82) is 0 Å². The lowest BCUT2D eigenvalue weighted by molar-refractivity contribution is -0.134. The molecule has 7 rings (SSSR count). The molecule has 3 aromatic heterocycles. The second kappa shape index (κ2) is 14.2. The SMILES string of the molecule is Cc1nn(C)cc1-c1nc2ncc(Cl)c(Oc3ccc(C(=O)NCC(=O)NC4CCCN(c5ccc([C@@H]6CCC(=O)NC6=O)cc5)C4)cc3)c2[nH]1. The Morgan fingerprint density at radius 3 is 2.59 bits per heavy atom. The number of carbonyl (C=O) groups is 4. The Labute approximate surface area is 297 Å². The van der Waals surface area contributed by atoms with Crippen molar-refractivity contribution in [1.82, 2.24) is 40.7 Å². The van der Waals surface area contributed by atoms with Crippen molar-refractivity contribution in [2.75, 3.05) is 24.5 Å². The van der Waals surface area contributed by atoms with Gasteiger partial charge in [-0.2, -0.15) is 5.10 Å². The molecule has 0 saturated carbocycles. The summed E-state index contributed by atoms with van der Waals surface area (Å²) in [5.41, 5.74) is 4.84. The molecule has 14 nitrogen and oxygen atoms in total. The molecular formula is C36H36ClN9O5. The van der Waals surface area contributed by atoms with Gasteiger partial charge in [-0.15, -0.1) is 0 Å². The summed E-state index contributed by atoms with van der Waals surface area (Å²) in [4.78, 5) is 63.8. The highest BCUT2D eigenvalue weighted by Crippen LogP contribution is 2.36. The molecule has 4 N–H and O–H groups in total. The Bertz CT molecular complexity index is 2130. The van der Waals surface area contributed by atoms with Gasteiger partial charge in [-0.3, -0.25) is 29.2 Å². The number of pyridine rings is 1. The number of hydrogen-bond donors (Lipinski definition) is 4. The van der Waals surface area contributed by atoms with Crippen molar-refractivity contribution in [2.45, 2.75) is 44.6 Å². The van der Waals surface area contributed by atoms with E-state index in [0.29, 0.717) is 53.4 Å². The number of fused-ring (bicyclic) bond motifs is 1. The average molecular weight is 710 g/mol. The van der Waals surface area contributed by atoms with Crippen molar-refractivity contribution in [3.05, 3.63) is 82.8 Å². The van der Waals surface area contributed by atoms with Gasteiger partial charge in [0.05, 0.1) is 29.9 Å². The number of rotatable bonds is 9. The fraction of sp³-hybridized carbons (Fsp3) is 0.306. The first kappa shape index (κ1) is 33.7. The number of H-pyrrole nitrogens is 1. The van der Waals surface area contributed by atoms with E-state index in [1.807, 2.05) is 44.4 Å². The molecule has 0 aliphatic carbocycles. The molecule has 2 aliphatic heterocycles. The van der Waals surface area contributed by atoms with Crippen LogP contribution >= 0.6 is 11.6 Å². The smallest absolute Gasteiger partial charge is 0.251 e. The summed E-state index contributed by atoms with van der Waals surface area (Å²) in [6.07, 6.45) is 5.89. The molecule has 15 heteroatoms. The van der Waals surface area contributed by atoms with Crippen LogP contribution in [0.5, 0.6) is 11.5 Å². The van der Waals surface area contributed by atoms with Crippen molar-refractivity contribution < 1.29 is 23.9 Å². The van der Waals surface area contributed by atoms with Gasteiger partial charge in [-0.25, -0.2) is 9.97 Å². The molecule has 2 saturated heterocycles. The molecule has 4 amide bonds. The number of anilines is 1. The number of imidazole rings is 1. The highest BCUT2D eigenvalue weighted by Gasteiger charge is 2.28. The van der Waals surface area contributed by atoms with E-state index in [9.17, 15) is 19.2 Å². The van der Waals surface area contributed by atoms with Gasteiger partial charge in [0.1, 0.15) is 22.1 Å². The third-order valence-corrected chi connectivity index (χ3v) is 9.40. The van der Waals surface area contributed by atoms with Crippen molar-refractivity contribution >= 4 is 52.1 Å². The van der Waals surface area contributed by atoms with Crippen LogP contribution in [0.15, 0.2) is 60.9 Å². The maximum absolute atomic E-state index is 12.9. The molecule has 51 heavy (non-hydrogen) atoms. The first-order chi connectivity index (χ1) is 24.6. The molecule has 0 radical (unpaired) electrons. The zero-order valence-corrected chi connectivity index (χ0v) is 28.8. The van der Waals surface area contributed by atoms with Crippen LogP contribution in [0.1, 0.15) is 53.2 Å². The highest BCUT2D eigenvalue weighted by atomic mass is 35.5. The molecule has 262 valence electrons. The number of benzene rings is 2. The van der Waals surface area contributed by atoms with Crippen LogP contribution in [0.2, 0.25) is 5.02 Å². The fourth-order valence-electron chi connectivity index (χ4n) is 6.56. The molecule has 0 bridgehead atoms. The molecule has 1 unspecified atom stereocenters. The number of ether oxygens (including phenoxy) is 1. The van der Waals surface area contributed by atoms with E-state index in [1.165, 1.54) is 6.20 Å². The summed E-state index contributed by atoms with van der Waals surface area (Å²) < 4.78 is 7.82. The van der Waals surface area contributed by atoms with E-state index in [-0.39, 0.29) is 41.2 Å². The van der Waals surface area contributed by atoms with E-state index in [2.05, 4.69) is 40.9 Å². The molecule has 2 atom stereocenters. The second-order valence-corrected chi connectivity index (χ2v) is 13.2. The number of amides is 4. The topological polar surface area (TPSA) is 176 Å². The van der Waals surface area contributed by atoms with E-state index in [0.717, 1.165) is 41.9 Å². The number of imide groups is 1. The maximum atomic E-state index is 12.9. The largest absolute Gasteiger partial charge is 0.453 e. The standard InChI is InChI=1S/C36H36ClN9O5/c1-20-27(19-45(2)44-20)33-42-31-32(28(37)16-38-34(31)43-33)51-25-11-7-22(8-12-25)35(49)39-17-30(48)40-23-4-3-15-46(18-23)24-9-5-21(6-10-24)26-13-14-29(47)41-36(26)50/h5-12,16,19,23,26H,3-4,13-15,17-18H2,1-2H3,(H,39,49)(H,40,48)(H,38,42,43)(H,41,47,50)/t23?,26-/m0/s1. The zero-order chi connectivity index (χ0) is 35.6. The van der Waals surface area contributed by atoms with Gasteiger partial charge in [0.15, 0.2) is 11.4 Å². The summed E-state index contributed by atoms with van der Waals surface area (Å²) in [5.74, 6) is -0.111. The summed E-state index contributed by atoms with van der Waals surface area (Å²) in [7, 11) is 1.84. The number of aryl methyl sites for hydroxylation is 2. The van der Waals surface area contributed by atoms with Gasteiger partial charge in [0.2, 0.25) is 17.7 Å². The lowest BCUT2D eigenvalue weighted by Gasteiger charge is -2.35. The minimum absolute atomic E-state index is 0.0831. The van der Waals surface area contributed by atoms with Crippen LogP contribution in [-0.4, -0.2) is 74.0 Å². The van der Waals surface area contributed by atoms with Crippen molar-refractivity contribution in [3.63, 3.8) is 0 Å². The molecule has 2 aliphatic rings. The van der Waals surface area contributed by atoms with Crippen LogP contribution in [-0.2, 0) is 21.4 Å². The van der Waals surface area contributed by atoms with E-state index < -0.39 is 5.91 Å². The van der Waals surface area contributed by atoms with E-state index in [4.69, 9.17) is 16.3 Å². The van der Waals surface area contributed by atoms with Crippen molar-refractivity contribution in [3.8, 4) is 22.9 Å². The minimum atomic E-state index is -0.396. The Kier molecular flexibility index (Phi) is 9.41. The van der Waals surface area contributed by atoms with E-state index in [1.54, 1.807) is 28.9 Å². The Hall–Kier alpha value is -5.76. The summed E-state index contributed by atoms with van der Waals surface area (Å²) in [5, 5.41) is 12.8. The van der Waals surface area contributed by atoms with Gasteiger partial charge >= 0.3 is 0 Å². The molecule has 2 fully saturated rings. The summed E-state index contributed by atoms with van der Waals surface area (Å²) in [6, 6.07) is 14.2. The number of halogens is 1. The fourth-order valence-corrected chi connectivity index (χ4v) is 6.74. The number of carbonyl (C=O) groups excluding carboxylic acids is 4. The summed E-state index contributed by atoms with van der Waals surface area (Å²) in [6.45, 7) is 3.19. The first-order valence-electron chi connectivity index (χ1n) is 16.7.